The van der Waals surface area contributed by atoms with Crippen LogP contribution in [0.25, 0.3) is 11.1 Å². The van der Waals surface area contributed by atoms with Gasteiger partial charge in [0.05, 0.1) is 18.9 Å². The van der Waals surface area contributed by atoms with Gasteiger partial charge in [0.25, 0.3) is 0 Å². The summed E-state index contributed by atoms with van der Waals surface area (Å²) in [5.41, 5.74) is 4.05. The zero-order valence-corrected chi connectivity index (χ0v) is 17.3. The van der Waals surface area contributed by atoms with Gasteiger partial charge >= 0.3 is 11.9 Å². The van der Waals surface area contributed by atoms with Crippen LogP contribution in [0.3, 0.4) is 0 Å². The molecule has 152 valence electrons. The van der Waals surface area contributed by atoms with Gasteiger partial charge in [0.2, 0.25) is 5.91 Å². The molecule has 1 aromatic heterocycles. The maximum atomic E-state index is 12.8. The number of amides is 1. The fourth-order valence-electron chi connectivity index (χ4n) is 3.46. The second kappa shape index (κ2) is 8.61. The van der Waals surface area contributed by atoms with Gasteiger partial charge in [-0.25, -0.2) is 4.79 Å². The highest BCUT2D eigenvalue weighted by molar-refractivity contribution is 7.15. The monoisotopic (exact) mass is 413 g/mol. The molecule has 0 bridgehead atoms. The minimum absolute atomic E-state index is 0.285. The number of esters is 1. The number of anilines is 1. The fourth-order valence-corrected chi connectivity index (χ4v) is 4.42. The number of nitrogens with one attached hydrogen (secondary N) is 1. The van der Waals surface area contributed by atoms with Crippen LogP contribution in [0.4, 0.5) is 5.00 Å². The third kappa shape index (κ3) is 4.24. The Bertz CT molecular complexity index is 991. The lowest BCUT2D eigenvalue weighted by atomic mass is 9.82. The van der Waals surface area contributed by atoms with Gasteiger partial charge < -0.3 is 15.2 Å². The van der Waals surface area contributed by atoms with Crippen molar-refractivity contribution >= 4 is 34.2 Å². The van der Waals surface area contributed by atoms with Crippen LogP contribution < -0.4 is 5.32 Å². The van der Waals surface area contributed by atoms with E-state index >= 15 is 0 Å². The van der Waals surface area contributed by atoms with E-state index in [-0.39, 0.29) is 5.56 Å². The van der Waals surface area contributed by atoms with Crippen LogP contribution in [0, 0.1) is 25.7 Å². The van der Waals surface area contributed by atoms with Crippen LogP contribution in [0.15, 0.2) is 35.7 Å². The second-order valence-electron chi connectivity index (χ2n) is 7.13. The van der Waals surface area contributed by atoms with E-state index in [1.165, 1.54) is 18.4 Å². The summed E-state index contributed by atoms with van der Waals surface area (Å²) < 4.78 is 4.95. The van der Waals surface area contributed by atoms with E-state index in [0.29, 0.717) is 23.4 Å². The largest absolute Gasteiger partial charge is 0.481 e. The van der Waals surface area contributed by atoms with Crippen LogP contribution in [0.1, 0.15) is 34.3 Å². The van der Waals surface area contributed by atoms with E-state index in [4.69, 9.17) is 4.74 Å². The number of methoxy groups -OCH3 is 1. The van der Waals surface area contributed by atoms with E-state index in [9.17, 15) is 19.5 Å². The maximum Gasteiger partial charge on any atom is 0.341 e. The summed E-state index contributed by atoms with van der Waals surface area (Å²) in [6.45, 7) is 4.01. The van der Waals surface area contributed by atoms with Crippen LogP contribution in [-0.2, 0) is 14.3 Å². The van der Waals surface area contributed by atoms with Gasteiger partial charge in [-0.2, -0.15) is 0 Å². The van der Waals surface area contributed by atoms with Crippen LogP contribution in [0.2, 0.25) is 0 Å². The molecular weight excluding hydrogens is 390 g/mol. The summed E-state index contributed by atoms with van der Waals surface area (Å²) in [6.07, 6.45) is 4.27. The van der Waals surface area contributed by atoms with E-state index in [1.807, 2.05) is 38.1 Å². The molecule has 0 unspecified atom stereocenters. The fraction of sp³-hybridized carbons (Fsp3) is 0.318. The van der Waals surface area contributed by atoms with Gasteiger partial charge in [0.1, 0.15) is 10.6 Å². The maximum absolute atomic E-state index is 12.8. The van der Waals surface area contributed by atoms with E-state index in [0.717, 1.165) is 16.7 Å². The van der Waals surface area contributed by atoms with Gasteiger partial charge in [-0.3, -0.25) is 9.59 Å². The number of rotatable bonds is 5. The Kier molecular flexibility index (Phi) is 6.17. The molecule has 1 amide bonds. The summed E-state index contributed by atoms with van der Waals surface area (Å²) in [5, 5.41) is 14.4. The quantitative estimate of drug-likeness (QED) is 0.559. The van der Waals surface area contributed by atoms with Crippen molar-refractivity contribution in [2.45, 2.75) is 26.7 Å². The average Bonchev–Trinajstić information content (AvgIpc) is 3.12. The van der Waals surface area contributed by atoms with Crippen molar-refractivity contribution in [2.75, 3.05) is 12.4 Å². The van der Waals surface area contributed by atoms with Gasteiger partial charge in [-0.15, -0.1) is 11.3 Å². The summed E-state index contributed by atoms with van der Waals surface area (Å²) in [7, 11) is 1.29. The summed E-state index contributed by atoms with van der Waals surface area (Å²) in [4.78, 5) is 36.8. The second-order valence-corrected chi connectivity index (χ2v) is 8.01. The van der Waals surface area contributed by atoms with E-state index in [1.54, 1.807) is 11.5 Å². The highest BCUT2D eigenvalue weighted by Crippen LogP contribution is 2.38. The molecule has 3 rings (SSSR count). The number of carbonyl (C=O) groups excluding carboxylic acids is 2. The Hall–Kier alpha value is -2.93. The first-order valence-electron chi connectivity index (χ1n) is 9.29. The van der Waals surface area contributed by atoms with Crippen molar-refractivity contribution in [2.24, 2.45) is 11.8 Å². The molecule has 0 spiro atoms. The van der Waals surface area contributed by atoms with Crippen molar-refractivity contribution in [3.8, 4) is 11.1 Å². The van der Waals surface area contributed by atoms with E-state index in [2.05, 4.69) is 5.32 Å². The van der Waals surface area contributed by atoms with Crippen molar-refractivity contribution in [1.82, 2.24) is 0 Å². The van der Waals surface area contributed by atoms with Crippen molar-refractivity contribution in [3.05, 3.63) is 52.4 Å². The number of benzene rings is 1. The number of ether oxygens (including phenoxy) is 1. The Morgan fingerprint density at radius 2 is 1.79 bits per heavy atom. The number of aliphatic carboxylic acids is 1. The number of hydrogen-bond acceptors (Lipinski definition) is 5. The minimum Gasteiger partial charge on any atom is -0.481 e. The number of carboxylic acid groups (broad SMARTS) is 1. The molecule has 29 heavy (non-hydrogen) atoms. The molecule has 2 aromatic rings. The molecule has 6 nitrogen and oxygen atoms in total. The first-order chi connectivity index (χ1) is 13.8. The third-order valence-electron chi connectivity index (χ3n) is 5.32. The molecule has 0 saturated carbocycles. The average molecular weight is 413 g/mol. The molecular formula is C22H23NO5S. The van der Waals surface area contributed by atoms with Gasteiger partial charge in [0, 0.05) is 10.9 Å². The highest BCUT2D eigenvalue weighted by atomic mass is 32.1. The molecule has 0 saturated heterocycles. The van der Waals surface area contributed by atoms with Crippen molar-refractivity contribution < 1.29 is 24.2 Å². The number of carbonyl (C=O) groups is 3. The molecule has 7 heteroatoms. The predicted molar refractivity (Wildman–Crippen MR) is 112 cm³/mol. The lowest BCUT2D eigenvalue weighted by Gasteiger charge is -2.24. The Labute approximate surface area is 173 Å². The molecule has 2 atom stereocenters. The molecule has 2 N–H and O–H groups in total. The van der Waals surface area contributed by atoms with Crippen molar-refractivity contribution in [3.63, 3.8) is 0 Å². The van der Waals surface area contributed by atoms with Crippen LogP contribution >= 0.6 is 11.3 Å². The zero-order valence-electron chi connectivity index (χ0n) is 16.5. The smallest absolute Gasteiger partial charge is 0.341 e. The molecule has 1 aliphatic rings. The predicted octanol–water partition coefficient (Wildman–Crippen LogP) is 4.42. The van der Waals surface area contributed by atoms with Crippen LogP contribution in [0.5, 0.6) is 0 Å². The number of carboxylic acids is 1. The zero-order chi connectivity index (χ0) is 21.1. The standard InChI is InChI=1S/C22H23NO5S/c1-12-8-9-14(10-13(12)2)17-11-29-20(18(17)22(27)28-3)23-19(24)15-6-4-5-7-16(15)21(25)26/h4-5,8-11,15-16H,6-7H2,1-3H3,(H,23,24)(H,25,26)/t15-,16+/m1/s1. The first-order valence-corrected chi connectivity index (χ1v) is 10.2. The Balaban J connectivity index is 1.95. The molecule has 0 fully saturated rings. The van der Waals surface area contributed by atoms with Gasteiger partial charge in [-0.1, -0.05) is 30.4 Å². The summed E-state index contributed by atoms with van der Waals surface area (Å²) in [6, 6.07) is 5.89. The normalized spacial score (nSPS) is 18.3. The van der Waals surface area contributed by atoms with E-state index < -0.39 is 29.7 Å². The molecule has 0 aliphatic heterocycles. The summed E-state index contributed by atoms with van der Waals surface area (Å²) >= 11 is 1.23. The Morgan fingerprint density at radius 3 is 2.41 bits per heavy atom. The number of hydrogen-bond donors (Lipinski definition) is 2. The molecule has 0 radical (unpaired) electrons. The molecule has 1 aliphatic carbocycles. The highest BCUT2D eigenvalue weighted by Gasteiger charge is 2.35. The SMILES string of the molecule is COC(=O)c1c(-c2ccc(C)c(C)c2)csc1NC(=O)[C@@H]1CC=CC[C@@H]1C(=O)O. The molecule has 1 aromatic carbocycles. The van der Waals surface area contributed by atoms with Crippen LogP contribution in [-0.4, -0.2) is 30.1 Å². The molecule has 1 heterocycles. The number of aryl methyl sites for hydroxylation is 2. The van der Waals surface area contributed by atoms with Gasteiger partial charge in [-0.05, 0) is 43.4 Å². The topological polar surface area (TPSA) is 92.7 Å². The summed E-state index contributed by atoms with van der Waals surface area (Å²) in [5.74, 6) is -3.41. The first kappa shape index (κ1) is 20.8. The lowest BCUT2D eigenvalue weighted by Crippen LogP contribution is -2.34. The third-order valence-corrected chi connectivity index (χ3v) is 6.22. The number of allylic oxidation sites excluding steroid dienone is 2. The van der Waals surface area contributed by atoms with Gasteiger partial charge in [0.15, 0.2) is 0 Å². The lowest BCUT2D eigenvalue weighted by molar-refractivity contribution is -0.146. The van der Waals surface area contributed by atoms with Crippen molar-refractivity contribution in [1.29, 1.82) is 0 Å². The number of thiophene rings is 1. The minimum atomic E-state index is -0.996. The Morgan fingerprint density at radius 1 is 1.10 bits per heavy atom.